The van der Waals surface area contributed by atoms with E-state index >= 15 is 0 Å². The summed E-state index contributed by atoms with van der Waals surface area (Å²) in [6.07, 6.45) is -0.0645. The lowest BCUT2D eigenvalue weighted by atomic mass is 10.2. The lowest BCUT2D eigenvalue weighted by Crippen LogP contribution is -2.50. The Morgan fingerprint density at radius 1 is 1.24 bits per heavy atom. The van der Waals surface area contributed by atoms with Gasteiger partial charge in [0.25, 0.3) is 0 Å². The molecule has 1 saturated heterocycles. The monoisotopic (exact) mass is 302 g/mol. The highest BCUT2D eigenvalue weighted by molar-refractivity contribution is 5.86. The fourth-order valence-corrected chi connectivity index (χ4v) is 1.86. The first-order valence-corrected chi connectivity index (χ1v) is 6.85. The van der Waals surface area contributed by atoms with Gasteiger partial charge in [-0.1, -0.05) is 6.92 Å². The molecule has 0 saturated carbocycles. The maximum Gasteiger partial charge on any atom is 0.322 e. The smallest absolute Gasteiger partial charge is 0.322 e. The fourth-order valence-electron chi connectivity index (χ4n) is 1.86. The van der Waals surface area contributed by atoms with Crippen molar-refractivity contribution < 1.29 is 24.2 Å². The third-order valence-electron chi connectivity index (χ3n) is 3.01. The van der Waals surface area contributed by atoms with Crippen molar-refractivity contribution in [1.82, 2.24) is 20.9 Å². The molecule has 1 rings (SSSR count). The minimum Gasteiger partial charge on any atom is -0.480 e. The molecule has 0 aromatic rings. The van der Waals surface area contributed by atoms with Crippen LogP contribution >= 0.6 is 0 Å². The van der Waals surface area contributed by atoms with Crippen LogP contribution < -0.4 is 16.0 Å². The maximum absolute atomic E-state index is 11.5. The summed E-state index contributed by atoms with van der Waals surface area (Å²) in [7, 11) is 0. The van der Waals surface area contributed by atoms with E-state index < -0.39 is 24.5 Å². The number of rotatable bonds is 7. The Hall–Kier alpha value is -1.87. The number of carbonyl (C=O) groups is 3. The molecule has 9 nitrogen and oxygen atoms in total. The second-order valence-corrected chi connectivity index (χ2v) is 4.62. The maximum atomic E-state index is 11.5. The Labute approximate surface area is 123 Å². The standard InChI is InChI=1S/C12H22N4O5/c1-2-16-3-4-21-9(8-16)5-14-12(20)15-6-10(17)13-7-11(18)19/h9H,2-8H2,1H3,(H,13,17)(H,18,19)(H2,14,15,20). The molecule has 0 bridgehead atoms. The molecule has 21 heavy (non-hydrogen) atoms. The molecular weight excluding hydrogens is 280 g/mol. The van der Waals surface area contributed by atoms with Crippen LogP contribution in [0.3, 0.4) is 0 Å². The van der Waals surface area contributed by atoms with Crippen molar-refractivity contribution in [3.8, 4) is 0 Å². The third kappa shape index (κ3) is 7.47. The van der Waals surface area contributed by atoms with Crippen LogP contribution in [0.25, 0.3) is 0 Å². The first-order valence-electron chi connectivity index (χ1n) is 6.85. The Balaban J connectivity index is 2.13. The number of aliphatic carboxylic acids is 1. The molecule has 0 aromatic heterocycles. The van der Waals surface area contributed by atoms with Gasteiger partial charge in [0.05, 0.1) is 19.3 Å². The zero-order chi connectivity index (χ0) is 15.7. The topological polar surface area (TPSA) is 120 Å². The molecule has 3 amide bonds. The number of carboxylic acids is 1. The summed E-state index contributed by atoms with van der Waals surface area (Å²) in [5, 5.41) is 15.5. The van der Waals surface area contributed by atoms with Gasteiger partial charge in [0.1, 0.15) is 6.54 Å². The van der Waals surface area contributed by atoms with E-state index in [1.165, 1.54) is 0 Å². The highest BCUT2D eigenvalue weighted by Gasteiger charge is 2.19. The van der Waals surface area contributed by atoms with E-state index in [1.54, 1.807) is 0 Å². The molecule has 1 heterocycles. The number of likely N-dealkylation sites (N-methyl/N-ethyl adjacent to an activating group) is 1. The van der Waals surface area contributed by atoms with Gasteiger partial charge in [0, 0.05) is 19.6 Å². The number of hydrogen-bond donors (Lipinski definition) is 4. The second-order valence-electron chi connectivity index (χ2n) is 4.62. The van der Waals surface area contributed by atoms with Crippen molar-refractivity contribution in [3.63, 3.8) is 0 Å². The molecule has 1 aliphatic heterocycles. The minimum atomic E-state index is -1.14. The largest absolute Gasteiger partial charge is 0.480 e. The number of carboxylic acid groups (broad SMARTS) is 1. The van der Waals surface area contributed by atoms with Gasteiger partial charge in [-0.05, 0) is 6.54 Å². The van der Waals surface area contributed by atoms with Crippen molar-refractivity contribution in [1.29, 1.82) is 0 Å². The summed E-state index contributed by atoms with van der Waals surface area (Å²) in [5.41, 5.74) is 0. The second kappa shape index (κ2) is 9.14. The molecule has 1 atom stereocenters. The Morgan fingerprint density at radius 2 is 2.00 bits per heavy atom. The van der Waals surface area contributed by atoms with E-state index in [0.717, 1.165) is 19.6 Å². The molecule has 1 aliphatic rings. The normalized spacial score (nSPS) is 18.8. The van der Waals surface area contributed by atoms with E-state index in [-0.39, 0.29) is 12.6 Å². The van der Waals surface area contributed by atoms with E-state index in [2.05, 4.69) is 27.8 Å². The van der Waals surface area contributed by atoms with Crippen molar-refractivity contribution in [2.75, 3.05) is 45.9 Å². The summed E-state index contributed by atoms with van der Waals surface area (Å²) in [5.74, 6) is -1.69. The third-order valence-corrected chi connectivity index (χ3v) is 3.01. The van der Waals surface area contributed by atoms with E-state index in [9.17, 15) is 14.4 Å². The van der Waals surface area contributed by atoms with Crippen molar-refractivity contribution in [3.05, 3.63) is 0 Å². The minimum absolute atomic E-state index is 0.0645. The quantitative estimate of drug-likeness (QED) is 0.441. The first-order chi connectivity index (χ1) is 10.0. The van der Waals surface area contributed by atoms with Crippen LogP contribution in [0.4, 0.5) is 4.79 Å². The van der Waals surface area contributed by atoms with Crippen molar-refractivity contribution in [2.45, 2.75) is 13.0 Å². The van der Waals surface area contributed by atoms with Gasteiger partial charge in [0.15, 0.2) is 0 Å². The first kappa shape index (κ1) is 17.2. The molecular formula is C12H22N4O5. The molecule has 0 spiro atoms. The van der Waals surface area contributed by atoms with Crippen LogP contribution in [0.2, 0.25) is 0 Å². The summed E-state index contributed by atoms with van der Waals surface area (Å²) < 4.78 is 5.52. The number of carbonyl (C=O) groups excluding carboxylic acids is 2. The van der Waals surface area contributed by atoms with E-state index in [4.69, 9.17) is 9.84 Å². The number of urea groups is 1. The fraction of sp³-hybridized carbons (Fsp3) is 0.750. The number of nitrogens with zero attached hydrogens (tertiary/aromatic N) is 1. The highest BCUT2D eigenvalue weighted by atomic mass is 16.5. The van der Waals surface area contributed by atoms with Crippen LogP contribution in [0.1, 0.15) is 6.92 Å². The lowest BCUT2D eigenvalue weighted by Gasteiger charge is -2.32. The Kier molecular flexibility index (Phi) is 7.48. The number of morpholine rings is 1. The van der Waals surface area contributed by atoms with Crippen LogP contribution in [0.5, 0.6) is 0 Å². The lowest BCUT2D eigenvalue weighted by molar-refractivity contribution is -0.137. The van der Waals surface area contributed by atoms with Crippen LogP contribution in [0.15, 0.2) is 0 Å². The number of hydrogen-bond acceptors (Lipinski definition) is 5. The SMILES string of the molecule is CCN1CCOC(CNC(=O)NCC(=O)NCC(=O)O)C1. The van der Waals surface area contributed by atoms with Gasteiger partial charge in [0.2, 0.25) is 5.91 Å². The molecule has 1 unspecified atom stereocenters. The Bertz CT molecular complexity index is 377. The van der Waals surface area contributed by atoms with E-state index in [0.29, 0.717) is 13.2 Å². The van der Waals surface area contributed by atoms with E-state index in [1.807, 2.05) is 0 Å². The number of ether oxygens (including phenoxy) is 1. The summed E-state index contributed by atoms with van der Waals surface area (Å²) in [6.45, 7) is 4.92. The highest BCUT2D eigenvalue weighted by Crippen LogP contribution is 2.03. The van der Waals surface area contributed by atoms with Gasteiger partial charge in [-0.3, -0.25) is 14.5 Å². The predicted octanol–water partition coefficient (Wildman–Crippen LogP) is -1.79. The number of amides is 3. The molecule has 4 N–H and O–H groups in total. The van der Waals surface area contributed by atoms with Gasteiger partial charge >= 0.3 is 12.0 Å². The average Bonchev–Trinajstić information content (AvgIpc) is 2.49. The van der Waals surface area contributed by atoms with Crippen molar-refractivity contribution >= 4 is 17.9 Å². The molecule has 0 aliphatic carbocycles. The zero-order valence-electron chi connectivity index (χ0n) is 12.1. The summed E-state index contributed by atoms with van der Waals surface area (Å²) in [4.78, 5) is 35.2. The van der Waals surface area contributed by atoms with Gasteiger partial charge in [-0.15, -0.1) is 0 Å². The van der Waals surface area contributed by atoms with Crippen LogP contribution in [-0.2, 0) is 14.3 Å². The summed E-state index contributed by atoms with van der Waals surface area (Å²) >= 11 is 0. The average molecular weight is 302 g/mol. The molecule has 1 fully saturated rings. The predicted molar refractivity (Wildman–Crippen MR) is 73.9 cm³/mol. The van der Waals surface area contributed by atoms with Gasteiger partial charge in [-0.25, -0.2) is 4.79 Å². The van der Waals surface area contributed by atoms with Crippen LogP contribution in [-0.4, -0.2) is 79.9 Å². The van der Waals surface area contributed by atoms with Gasteiger partial charge in [-0.2, -0.15) is 0 Å². The molecule has 0 aromatic carbocycles. The zero-order valence-corrected chi connectivity index (χ0v) is 12.1. The van der Waals surface area contributed by atoms with Crippen LogP contribution in [0, 0.1) is 0 Å². The van der Waals surface area contributed by atoms with Gasteiger partial charge < -0.3 is 25.8 Å². The summed E-state index contributed by atoms with van der Waals surface area (Å²) in [6, 6.07) is -0.488. The molecule has 120 valence electrons. The molecule has 9 heteroatoms. The number of nitrogens with one attached hydrogen (secondary N) is 3. The van der Waals surface area contributed by atoms with Crippen molar-refractivity contribution in [2.24, 2.45) is 0 Å². The molecule has 0 radical (unpaired) electrons. The Morgan fingerprint density at radius 3 is 2.67 bits per heavy atom.